The fourth-order valence-corrected chi connectivity index (χ4v) is 5.71. The van der Waals surface area contributed by atoms with Crippen LogP contribution in [0.1, 0.15) is 36.9 Å². The van der Waals surface area contributed by atoms with Gasteiger partial charge in [-0.15, -0.1) is 0 Å². The van der Waals surface area contributed by atoms with Crippen molar-refractivity contribution in [2.45, 2.75) is 62.7 Å². The number of carboxylic acid groups (broad SMARTS) is 1. The van der Waals surface area contributed by atoms with Gasteiger partial charge in [0, 0.05) is 54.9 Å². The van der Waals surface area contributed by atoms with Crippen LogP contribution in [0.15, 0.2) is 43.0 Å². The Hall–Kier alpha value is -4.19. The minimum Gasteiger partial charge on any atom is -0.480 e. The van der Waals surface area contributed by atoms with Crippen LogP contribution in [0, 0.1) is 0 Å². The van der Waals surface area contributed by atoms with E-state index < -0.39 is 42.0 Å². The van der Waals surface area contributed by atoms with Crippen molar-refractivity contribution < 1.29 is 24.3 Å². The molecule has 2 aromatic heterocycles. The number of amides is 3. The van der Waals surface area contributed by atoms with E-state index in [9.17, 15) is 24.3 Å². The Morgan fingerprint density at radius 3 is 2.46 bits per heavy atom. The molecule has 1 aromatic carbocycles. The predicted molar refractivity (Wildman–Crippen MR) is 141 cm³/mol. The number of hydrogen-bond acceptors (Lipinski definition) is 6. The van der Waals surface area contributed by atoms with Crippen LogP contribution in [-0.4, -0.2) is 90.8 Å². The van der Waals surface area contributed by atoms with Crippen LogP contribution in [0.3, 0.4) is 0 Å². The van der Waals surface area contributed by atoms with Gasteiger partial charge >= 0.3 is 5.97 Å². The Kier molecular flexibility index (Phi) is 7.64. The fourth-order valence-electron chi connectivity index (χ4n) is 5.71. The molecule has 4 unspecified atom stereocenters. The van der Waals surface area contributed by atoms with E-state index in [0.717, 1.165) is 22.2 Å². The Morgan fingerprint density at radius 1 is 1.03 bits per heavy atom. The molecule has 2 aliphatic heterocycles. The number of carbonyl (C=O) groups excluding carboxylic acids is 3. The summed E-state index contributed by atoms with van der Waals surface area (Å²) in [4.78, 5) is 65.2. The van der Waals surface area contributed by atoms with Crippen molar-refractivity contribution in [3.63, 3.8) is 0 Å². The maximum atomic E-state index is 13.7. The highest BCUT2D eigenvalue weighted by Gasteiger charge is 2.41. The lowest BCUT2D eigenvalue weighted by molar-refractivity contribution is -0.149. The van der Waals surface area contributed by atoms with Crippen LogP contribution in [0.5, 0.6) is 0 Å². The number of benzene rings is 1. The number of aromatic nitrogens is 3. The van der Waals surface area contributed by atoms with Gasteiger partial charge in [-0.1, -0.05) is 18.2 Å². The molecule has 2 fully saturated rings. The Balaban J connectivity index is 1.35. The monoisotopic (exact) mass is 535 g/mol. The van der Waals surface area contributed by atoms with E-state index in [0.29, 0.717) is 38.8 Å². The van der Waals surface area contributed by atoms with E-state index in [1.54, 1.807) is 12.4 Å². The third-order valence-electron chi connectivity index (χ3n) is 7.68. The van der Waals surface area contributed by atoms with Gasteiger partial charge in [-0.2, -0.15) is 0 Å². The van der Waals surface area contributed by atoms with E-state index in [-0.39, 0.29) is 18.7 Å². The second-order valence-corrected chi connectivity index (χ2v) is 10.2. The molecule has 39 heavy (non-hydrogen) atoms. The van der Waals surface area contributed by atoms with Gasteiger partial charge in [-0.3, -0.25) is 14.4 Å². The van der Waals surface area contributed by atoms with Gasteiger partial charge in [0.05, 0.1) is 12.4 Å². The van der Waals surface area contributed by atoms with Gasteiger partial charge in [0.2, 0.25) is 17.7 Å². The number of carboxylic acids is 1. The number of hydrogen-bond donors (Lipinski definition) is 5. The molecule has 4 atom stereocenters. The number of H-pyrrole nitrogens is 2. The SMILES string of the molecule is NC(Cc1cnc[nH]1)C(=O)N1CCCC1C(=O)NC(Cc1c[nH]c2ccccc12)C(=O)N1CCCC1C(=O)O. The summed E-state index contributed by atoms with van der Waals surface area (Å²) in [6.07, 6.45) is 7.38. The highest BCUT2D eigenvalue weighted by atomic mass is 16.4. The topological polar surface area (TPSA) is 178 Å². The van der Waals surface area contributed by atoms with Gasteiger partial charge in [0.25, 0.3) is 0 Å². The summed E-state index contributed by atoms with van der Waals surface area (Å²) in [6, 6.07) is 4.11. The molecule has 12 heteroatoms. The fraction of sp³-hybridized carbons (Fsp3) is 0.444. The first-order valence-electron chi connectivity index (χ1n) is 13.3. The molecule has 12 nitrogen and oxygen atoms in total. The van der Waals surface area contributed by atoms with E-state index in [4.69, 9.17) is 5.73 Å². The lowest BCUT2D eigenvalue weighted by Crippen LogP contribution is -2.57. The number of rotatable bonds is 9. The molecule has 0 aliphatic carbocycles. The van der Waals surface area contributed by atoms with Crippen molar-refractivity contribution in [1.82, 2.24) is 30.1 Å². The van der Waals surface area contributed by atoms with Crippen molar-refractivity contribution in [2.75, 3.05) is 13.1 Å². The molecule has 0 saturated carbocycles. The molecule has 206 valence electrons. The quantitative estimate of drug-likeness (QED) is 0.266. The summed E-state index contributed by atoms with van der Waals surface area (Å²) in [6.45, 7) is 0.703. The third kappa shape index (κ3) is 5.51. The van der Waals surface area contributed by atoms with Crippen LogP contribution < -0.4 is 11.1 Å². The molecular weight excluding hydrogens is 502 g/mol. The standard InChI is InChI=1S/C27H33N7O5/c28-19(12-17-14-29-15-31-17)25(36)33-9-3-7-22(33)24(35)32-21(26(37)34-10-4-8-23(34)27(38)39)11-16-13-30-20-6-2-1-5-18(16)20/h1-2,5-6,13-15,19,21-23,30H,3-4,7-12,28H2,(H,29,31)(H,32,35)(H,38,39). The van der Waals surface area contributed by atoms with Crippen LogP contribution >= 0.6 is 0 Å². The van der Waals surface area contributed by atoms with Crippen molar-refractivity contribution in [1.29, 1.82) is 0 Å². The minimum atomic E-state index is -1.06. The highest BCUT2D eigenvalue weighted by Crippen LogP contribution is 2.24. The first-order chi connectivity index (χ1) is 18.8. The van der Waals surface area contributed by atoms with E-state index in [1.165, 1.54) is 16.1 Å². The maximum absolute atomic E-state index is 13.7. The summed E-state index contributed by atoms with van der Waals surface area (Å²) in [5, 5.41) is 13.5. The number of para-hydroxylation sites is 1. The number of fused-ring (bicyclic) bond motifs is 1. The third-order valence-corrected chi connectivity index (χ3v) is 7.68. The Bertz CT molecular complexity index is 1350. The van der Waals surface area contributed by atoms with Gasteiger partial charge in [0.15, 0.2) is 0 Å². The second-order valence-electron chi connectivity index (χ2n) is 10.2. The van der Waals surface area contributed by atoms with Crippen LogP contribution in [0.25, 0.3) is 10.9 Å². The van der Waals surface area contributed by atoms with E-state index in [2.05, 4.69) is 20.3 Å². The summed E-state index contributed by atoms with van der Waals surface area (Å²) in [5.41, 5.74) is 8.63. The van der Waals surface area contributed by atoms with E-state index >= 15 is 0 Å². The lowest BCUT2D eigenvalue weighted by atomic mass is 10.0. The average Bonchev–Trinajstić information content (AvgIpc) is 3.74. The zero-order chi connectivity index (χ0) is 27.5. The first kappa shape index (κ1) is 26.4. The molecule has 0 bridgehead atoms. The number of imidazole rings is 1. The largest absolute Gasteiger partial charge is 0.480 e. The summed E-state index contributed by atoms with van der Waals surface area (Å²) < 4.78 is 0. The minimum absolute atomic E-state index is 0.178. The van der Waals surface area contributed by atoms with Crippen molar-refractivity contribution in [3.05, 3.63) is 54.2 Å². The molecule has 3 aromatic rings. The second kappa shape index (κ2) is 11.3. The highest BCUT2D eigenvalue weighted by molar-refractivity contribution is 5.95. The number of aliphatic carboxylic acids is 1. The summed E-state index contributed by atoms with van der Waals surface area (Å²) in [7, 11) is 0. The smallest absolute Gasteiger partial charge is 0.326 e. The van der Waals surface area contributed by atoms with Gasteiger partial charge < -0.3 is 35.9 Å². The Labute approximate surface area is 224 Å². The Morgan fingerprint density at radius 2 is 1.74 bits per heavy atom. The van der Waals surface area contributed by atoms with Gasteiger partial charge in [-0.25, -0.2) is 9.78 Å². The zero-order valence-corrected chi connectivity index (χ0v) is 21.5. The molecule has 2 aliphatic rings. The predicted octanol–water partition coefficient (Wildman–Crippen LogP) is 0.555. The molecule has 4 heterocycles. The van der Waals surface area contributed by atoms with Crippen LogP contribution in [0.2, 0.25) is 0 Å². The van der Waals surface area contributed by atoms with E-state index in [1.807, 2.05) is 24.3 Å². The maximum Gasteiger partial charge on any atom is 0.326 e. The molecule has 0 spiro atoms. The zero-order valence-electron chi connectivity index (χ0n) is 21.5. The molecular formula is C27H33N7O5. The number of likely N-dealkylation sites (tertiary alicyclic amines) is 2. The van der Waals surface area contributed by atoms with Crippen molar-refractivity contribution in [2.24, 2.45) is 5.73 Å². The normalized spacial score (nSPS) is 20.7. The van der Waals surface area contributed by atoms with Gasteiger partial charge in [0.1, 0.15) is 18.1 Å². The van der Waals surface area contributed by atoms with Crippen molar-refractivity contribution >= 4 is 34.6 Å². The molecule has 6 N–H and O–H groups in total. The number of aromatic amines is 2. The molecule has 2 saturated heterocycles. The number of carbonyl (C=O) groups is 4. The number of nitrogens with one attached hydrogen (secondary N) is 3. The van der Waals surface area contributed by atoms with Crippen molar-refractivity contribution in [3.8, 4) is 0 Å². The molecule has 5 rings (SSSR count). The number of nitrogens with zero attached hydrogens (tertiary/aromatic N) is 3. The summed E-state index contributed by atoms with van der Waals surface area (Å²) >= 11 is 0. The average molecular weight is 536 g/mol. The van der Waals surface area contributed by atoms with Crippen LogP contribution in [0.4, 0.5) is 0 Å². The number of nitrogens with two attached hydrogens (primary N) is 1. The van der Waals surface area contributed by atoms with Gasteiger partial charge in [-0.05, 0) is 37.3 Å². The lowest BCUT2D eigenvalue weighted by Gasteiger charge is -2.30. The first-order valence-corrected chi connectivity index (χ1v) is 13.3. The van der Waals surface area contributed by atoms with Crippen LogP contribution in [-0.2, 0) is 32.0 Å². The summed E-state index contributed by atoms with van der Waals surface area (Å²) in [5.74, 6) is -2.28. The molecule has 0 radical (unpaired) electrons. The molecule has 3 amide bonds.